The van der Waals surface area contributed by atoms with Crippen molar-refractivity contribution in [2.45, 2.75) is 13.3 Å². The van der Waals surface area contributed by atoms with Crippen molar-refractivity contribution in [1.29, 1.82) is 0 Å². The smallest absolute Gasteiger partial charge is 0.257 e. The monoisotopic (exact) mass is 290 g/mol. The van der Waals surface area contributed by atoms with Gasteiger partial charge >= 0.3 is 0 Å². The maximum Gasteiger partial charge on any atom is 0.257 e. The molecule has 2 N–H and O–H groups in total. The highest BCUT2D eigenvalue weighted by molar-refractivity contribution is 5.37. The standard InChI is InChI=1S/C13H22N8/c1-4-6-14-11-17-12(15-8-10-20(2)3)19-13(18-11)21-9-5-7-16-21/h5,7,9H,4,6,8,10H2,1-3H3,(H2,14,15,17,18,19). The number of anilines is 2. The molecular formula is C13H22N8. The van der Waals surface area contributed by atoms with Crippen LogP contribution in [0, 0.1) is 0 Å². The zero-order valence-corrected chi connectivity index (χ0v) is 12.7. The third kappa shape index (κ3) is 4.67. The largest absolute Gasteiger partial charge is 0.354 e. The number of aromatic nitrogens is 5. The fourth-order valence-corrected chi connectivity index (χ4v) is 1.64. The minimum Gasteiger partial charge on any atom is -0.354 e. The van der Waals surface area contributed by atoms with Gasteiger partial charge in [-0.15, -0.1) is 0 Å². The molecule has 0 fully saturated rings. The molecule has 0 spiro atoms. The number of hydrogen-bond acceptors (Lipinski definition) is 7. The van der Waals surface area contributed by atoms with Gasteiger partial charge in [-0.1, -0.05) is 6.92 Å². The minimum atomic E-state index is 0.501. The molecule has 0 aliphatic heterocycles. The van der Waals surface area contributed by atoms with Gasteiger partial charge in [0.2, 0.25) is 11.9 Å². The number of nitrogens with zero attached hydrogens (tertiary/aromatic N) is 6. The molecular weight excluding hydrogens is 268 g/mol. The van der Waals surface area contributed by atoms with Crippen LogP contribution in [-0.2, 0) is 0 Å². The zero-order chi connectivity index (χ0) is 15.1. The van der Waals surface area contributed by atoms with Crippen LogP contribution in [0.15, 0.2) is 18.5 Å². The van der Waals surface area contributed by atoms with Crippen LogP contribution in [0.1, 0.15) is 13.3 Å². The molecule has 0 radical (unpaired) electrons. The molecule has 114 valence electrons. The minimum absolute atomic E-state index is 0.501. The first-order valence-electron chi connectivity index (χ1n) is 7.07. The molecule has 2 aromatic heterocycles. The van der Waals surface area contributed by atoms with E-state index in [9.17, 15) is 0 Å². The summed E-state index contributed by atoms with van der Waals surface area (Å²) in [6.07, 6.45) is 4.51. The Hall–Kier alpha value is -2.22. The van der Waals surface area contributed by atoms with Crippen molar-refractivity contribution in [1.82, 2.24) is 29.6 Å². The summed E-state index contributed by atoms with van der Waals surface area (Å²) in [6.45, 7) is 4.59. The maximum atomic E-state index is 4.39. The maximum absolute atomic E-state index is 4.39. The van der Waals surface area contributed by atoms with E-state index < -0.39 is 0 Å². The van der Waals surface area contributed by atoms with Crippen LogP contribution in [0.2, 0.25) is 0 Å². The Morgan fingerprint density at radius 1 is 1.10 bits per heavy atom. The second kappa shape index (κ2) is 7.53. The van der Waals surface area contributed by atoms with Crippen molar-refractivity contribution >= 4 is 11.9 Å². The molecule has 0 aromatic carbocycles. The predicted octanol–water partition coefficient (Wildman–Crippen LogP) is 0.853. The molecule has 0 amide bonds. The van der Waals surface area contributed by atoms with Gasteiger partial charge in [0, 0.05) is 32.0 Å². The van der Waals surface area contributed by atoms with E-state index >= 15 is 0 Å². The molecule has 21 heavy (non-hydrogen) atoms. The molecule has 0 aliphatic rings. The van der Waals surface area contributed by atoms with Crippen LogP contribution in [0.25, 0.3) is 5.95 Å². The van der Waals surface area contributed by atoms with Crippen LogP contribution in [0.3, 0.4) is 0 Å². The van der Waals surface area contributed by atoms with Gasteiger partial charge < -0.3 is 15.5 Å². The highest BCUT2D eigenvalue weighted by atomic mass is 15.4. The van der Waals surface area contributed by atoms with E-state index in [1.165, 1.54) is 0 Å². The summed E-state index contributed by atoms with van der Waals surface area (Å²) in [4.78, 5) is 15.2. The molecule has 0 aliphatic carbocycles. The van der Waals surface area contributed by atoms with Gasteiger partial charge in [0.05, 0.1) is 0 Å². The van der Waals surface area contributed by atoms with Crippen molar-refractivity contribution in [3.8, 4) is 5.95 Å². The van der Waals surface area contributed by atoms with E-state index in [-0.39, 0.29) is 0 Å². The molecule has 2 rings (SSSR count). The Bertz CT molecular complexity index is 537. The van der Waals surface area contributed by atoms with Crippen LogP contribution < -0.4 is 10.6 Å². The number of nitrogens with one attached hydrogen (secondary N) is 2. The molecule has 2 aromatic rings. The summed E-state index contributed by atoms with van der Waals surface area (Å²) < 4.78 is 1.62. The molecule has 0 bridgehead atoms. The fourth-order valence-electron chi connectivity index (χ4n) is 1.64. The summed E-state index contributed by atoms with van der Waals surface area (Å²) in [5.74, 6) is 1.61. The average molecular weight is 290 g/mol. The van der Waals surface area contributed by atoms with Crippen molar-refractivity contribution < 1.29 is 0 Å². The first kappa shape index (κ1) is 15.2. The highest BCUT2D eigenvalue weighted by Crippen LogP contribution is 2.08. The van der Waals surface area contributed by atoms with Gasteiger partial charge in [-0.05, 0) is 26.6 Å². The van der Waals surface area contributed by atoms with Crippen LogP contribution in [0.5, 0.6) is 0 Å². The molecule has 8 heteroatoms. The summed E-state index contributed by atoms with van der Waals surface area (Å²) >= 11 is 0. The third-order valence-corrected chi connectivity index (χ3v) is 2.71. The van der Waals surface area contributed by atoms with E-state index in [0.29, 0.717) is 17.8 Å². The lowest BCUT2D eigenvalue weighted by molar-refractivity contribution is 0.425. The van der Waals surface area contributed by atoms with Crippen LogP contribution in [0.4, 0.5) is 11.9 Å². The van der Waals surface area contributed by atoms with Gasteiger partial charge in [-0.25, -0.2) is 4.68 Å². The summed E-state index contributed by atoms with van der Waals surface area (Å²) in [5.41, 5.74) is 0. The molecule has 0 saturated carbocycles. The van der Waals surface area contributed by atoms with Gasteiger partial charge in [-0.3, -0.25) is 0 Å². The molecule has 2 heterocycles. The highest BCUT2D eigenvalue weighted by Gasteiger charge is 2.08. The van der Waals surface area contributed by atoms with Gasteiger partial charge in [0.15, 0.2) is 0 Å². The quantitative estimate of drug-likeness (QED) is 0.745. The SMILES string of the molecule is CCCNc1nc(NCCN(C)C)nc(-n2cccn2)n1. The van der Waals surface area contributed by atoms with Gasteiger partial charge in [0.25, 0.3) is 5.95 Å². The van der Waals surface area contributed by atoms with Crippen LogP contribution >= 0.6 is 0 Å². The fraction of sp³-hybridized carbons (Fsp3) is 0.538. The van der Waals surface area contributed by atoms with Gasteiger partial charge in [-0.2, -0.15) is 20.1 Å². The Morgan fingerprint density at radius 3 is 2.38 bits per heavy atom. The van der Waals surface area contributed by atoms with Crippen molar-refractivity contribution in [2.75, 3.05) is 44.4 Å². The normalized spacial score (nSPS) is 10.9. The Balaban J connectivity index is 2.16. The lowest BCUT2D eigenvalue weighted by Gasteiger charge is -2.12. The van der Waals surface area contributed by atoms with E-state index in [4.69, 9.17) is 0 Å². The van der Waals surface area contributed by atoms with E-state index in [2.05, 4.69) is 42.5 Å². The second-order valence-corrected chi connectivity index (χ2v) is 4.89. The van der Waals surface area contributed by atoms with Crippen molar-refractivity contribution in [3.63, 3.8) is 0 Å². The Kier molecular flexibility index (Phi) is 5.44. The van der Waals surface area contributed by atoms with Gasteiger partial charge in [0.1, 0.15) is 0 Å². The lowest BCUT2D eigenvalue weighted by Crippen LogP contribution is -2.22. The summed E-state index contributed by atoms with van der Waals surface area (Å²) in [7, 11) is 4.05. The predicted molar refractivity (Wildman–Crippen MR) is 82.8 cm³/mol. The zero-order valence-electron chi connectivity index (χ0n) is 12.7. The van der Waals surface area contributed by atoms with E-state index in [1.54, 1.807) is 10.9 Å². The number of likely N-dealkylation sites (N-methyl/N-ethyl adjacent to an activating group) is 1. The molecule has 8 nitrogen and oxygen atoms in total. The number of hydrogen-bond donors (Lipinski definition) is 2. The van der Waals surface area contributed by atoms with E-state index in [0.717, 1.165) is 26.1 Å². The van der Waals surface area contributed by atoms with Crippen molar-refractivity contribution in [3.05, 3.63) is 18.5 Å². The van der Waals surface area contributed by atoms with Crippen LogP contribution in [-0.4, -0.2) is 63.4 Å². The summed E-state index contributed by atoms with van der Waals surface area (Å²) in [5, 5.41) is 10.6. The molecule has 0 atom stereocenters. The second-order valence-electron chi connectivity index (χ2n) is 4.89. The first-order valence-corrected chi connectivity index (χ1v) is 7.07. The molecule has 0 saturated heterocycles. The Labute approximate surface area is 124 Å². The summed E-state index contributed by atoms with van der Waals surface area (Å²) in [6, 6.07) is 1.84. The molecule has 0 unspecified atom stereocenters. The lowest BCUT2D eigenvalue weighted by atomic mass is 10.5. The van der Waals surface area contributed by atoms with Crippen molar-refractivity contribution in [2.24, 2.45) is 0 Å². The number of rotatable bonds is 8. The Morgan fingerprint density at radius 2 is 1.81 bits per heavy atom. The third-order valence-electron chi connectivity index (χ3n) is 2.71. The van der Waals surface area contributed by atoms with E-state index in [1.807, 2.05) is 26.4 Å². The first-order chi connectivity index (χ1) is 10.2. The topological polar surface area (TPSA) is 83.8 Å². The average Bonchev–Trinajstić information content (AvgIpc) is 2.99.